The van der Waals surface area contributed by atoms with E-state index < -0.39 is 6.04 Å². The molecule has 2 atom stereocenters. The molecule has 2 aliphatic carbocycles. The zero-order valence-electron chi connectivity index (χ0n) is 24.1. The van der Waals surface area contributed by atoms with Gasteiger partial charge in [0.25, 0.3) is 6.47 Å². The molecule has 9 heteroatoms. The van der Waals surface area contributed by atoms with Crippen molar-refractivity contribution >= 4 is 35.6 Å². The Morgan fingerprint density at radius 3 is 2.25 bits per heavy atom. The van der Waals surface area contributed by atoms with E-state index in [0.29, 0.717) is 35.4 Å². The van der Waals surface area contributed by atoms with Gasteiger partial charge in [0.2, 0.25) is 0 Å². The molecule has 222 valence electrons. The molecule has 7 nitrogen and oxygen atoms in total. The highest BCUT2D eigenvalue weighted by molar-refractivity contribution is 6.34. The molecule has 2 saturated carbocycles. The van der Waals surface area contributed by atoms with Crippen molar-refractivity contribution < 1.29 is 19.1 Å². The first-order chi connectivity index (χ1) is 19.2. The second-order valence-electron chi connectivity index (χ2n) is 11.6. The zero-order valence-corrected chi connectivity index (χ0v) is 25.6. The lowest BCUT2D eigenvalue weighted by molar-refractivity contribution is -0.151. The monoisotopic (exact) mass is 593 g/mol. The minimum absolute atomic E-state index is 0.0521. The van der Waals surface area contributed by atoms with Crippen LogP contribution in [0.1, 0.15) is 96.2 Å². The lowest BCUT2D eigenvalue weighted by Crippen LogP contribution is -2.45. The Hall–Kier alpha value is -2.09. The summed E-state index contributed by atoms with van der Waals surface area (Å²) in [5.41, 5.74) is 1.96. The van der Waals surface area contributed by atoms with Crippen molar-refractivity contribution in [2.45, 2.75) is 122 Å². The molecule has 1 unspecified atom stereocenters. The van der Waals surface area contributed by atoms with E-state index in [1.165, 1.54) is 12.8 Å². The summed E-state index contributed by atoms with van der Waals surface area (Å²) in [6.07, 6.45) is 15.3. The minimum atomic E-state index is -0.406. The molecule has 2 fully saturated rings. The van der Waals surface area contributed by atoms with Gasteiger partial charge >= 0.3 is 5.97 Å². The summed E-state index contributed by atoms with van der Waals surface area (Å²) in [6, 6.07) is 5.33. The van der Waals surface area contributed by atoms with Gasteiger partial charge in [0, 0.05) is 40.9 Å². The van der Waals surface area contributed by atoms with Crippen LogP contribution in [0.4, 0.5) is 0 Å². The highest BCUT2D eigenvalue weighted by atomic mass is 35.5. The number of nitrogens with one attached hydrogen (secondary N) is 1. The first-order valence-electron chi connectivity index (χ1n) is 14.7. The van der Waals surface area contributed by atoms with Crippen molar-refractivity contribution in [1.82, 2.24) is 14.9 Å². The van der Waals surface area contributed by atoms with E-state index in [1.807, 2.05) is 22.9 Å². The van der Waals surface area contributed by atoms with Crippen molar-refractivity contribution in [3.05, 3.63) is 52.0 Å². The second-order valence-corrected chi connectivity index (χ2v) is 12.4. The maximum atomic E-state index is 13.1. The van der Waals surface area contributed by atoms with Crippen LogP contribution in [-0.2, 0) is 32.0 Å². The number of hydrogen-bond acceptors (Lipinski definition) is 6. The van der Waals surface area contributed by atoms with Crippen molar-refractivity contribution in [3.63, 3.8) is 0 Å². The van der Waals surface area contributed by atoms with Crippen molar-refractivity contribution in [2.75, 3.05) is 0 Å². The maximum absolute atomic E-state index is 13.1. The number of carbonyl (C=O) groups excluding carboxylic acids is 2. The lowest BCUT2D eigenvalue weighted by atomic mass is 10.0. The van der Waals surface area contributed by atoms with E-state index in [4.69, 9.17) is 32.7 Å². The average molecular weight is 595 g/mol. The third-order valence-electron chi connectivity index (χ3n) is 7.57. The molecule has 1 N–H and O–H groups in total. The van der Waals surface area contributed by atoms with Crippen LogP contribution in [0.3, 0.4) is 0 Å². The van der Waals surface area contributed by atoms with Gasteiger partial charge in [-0.05, 0) is 101 Å². The van der Waals surface area contributed by atoms with Gasteiger partial charge in [-0.1, -0.05) is 37.0 Å². The van der Waals surface area contributed by atoms with Gasteiger partial charge in [0.05, 0.1) is 6.33 Å². The SMILES string of the molecule is CC(C)CC[C@@H](C)NC(Cc1cncn1Cc1cc(Cl)cc(Cl)c1)C(=O)OC1CCCC1.O=COC1CCCC1. The van der Waals surface area contributed by atoms with Gasteiger partial charge in [-0.2, -0.15) is 0 Å². The first kappa shape index (κ1) is 32.4. The number of nitrogens with zero attached hydrogens (tertiary/aromatic N) is 2. The number of rotatable bonds is 13. The molecular weight excluding hydrogens is 549 g/mol. The van der Waals surface area contributed by atoms with Gasteiger partial charge in [0.15, 0.2) is 0 Å². The summed E-state index contributed by atoms with van der Waals surface area (Å²) < 4.78 is 12.6. The Morgan fingerprint density at radius 2 is 1.65 bits per heavy atom. The van der Waals surface area contributed by atoms with Gasteiger partial charge in [-0.15, -0.1) is 0 Å². The van der Waals surface area contributed by atoms with Crippen LogP contribution in [0.5, 0.6) is 0 Å². The lowest BCUT2D eigenvalue weighted by Gasteiger charge is -2.24. The summed E-state index contributed by atoms with van der Waals surface area (Å²) in [6.45, 7) is 7.72. The summed E-state index contributed by atoms with van der Waals surface area (Å²) in [5, 5.41) is 4.74. The van der Waals surface area contributed by atoms with Gasteiger partial charge in [0.1, 0.15) is 18.2 Å². The zero-order chi connectivity index (χ0) is 28.9. The third-order valence-corrected chi connectivity index (χ3v) is 8.01. The molecule has 1 aromatic carbocycles. The molecule has 0 aliphatic heterocycles. The Morgan fingerprint density at radius 1 is 1.02 bits per heavy atom. The summed E-state index contributed by atoms with van der Waals surface area (Å²) in [7, 11) is 0. The number of carbonyl (C=O) groups is 2. The van der Waals surface area contributed by atoms with Crippen molar-refractivity contribution in [3.8, 4) is 0 Å². The molecule has 0 bridgehead atoms. The largest absolute Gasteiger partial charge is 0.465 e. The van der Waals surface area contributed by atoms with Crippen molar-refractivity contribution in [2.24, 2.45) is 5.92 Å². The van der Waals surface area contributed by atoms with E-state index in [-0.39, 0.29) is 24.2 Å². The summed E-state index contributed by atoms with van der Waals surface area (Å²) >= 11 is 12.3. The summed E-state index contributed by atoms with van der Waals surface area (Å²) in [5.74, 6) is 0.473. The van der Waals surface area contributed by atoms with Crippen LogP contribution in [0.2, 0.25) is 10.0 Å². The first-order valence-corrected chi connectivity index (χ1v) is 15.5. The predicted molar refractivity (Wildman–Crippen MR) is 160 cm³/mol. The normalized spacial score (nSPS) is 17.4. The van der Waals surface area contributed by atoms with Crippen LogP contribution in [0.15, 0.2) is 30.7 Å². The Labute approximate surface area is 249 Å². The highest BCUT2D eigenvalue weighted by Crippen LogP contribution is 2.23. The molecule has 0 radical (unpaired) electrons. The number of halogens is 2. The fourth-order valence-corrected chi connectivity index (χ4v) is 5.92. The highest BCUT2D eigenvalue weighted by Gasteiger charge is 2.28. The average Bonchev–Trinajstić information content (AvgIpc) is 3.67. The number of ether oxygens (including phenoxy) is 2. The Balaban J connectivity index is 0.000000472. The molecule has 1 heterocycles. The van der Waals surface area contributed by atoms with Crippen LogP contribution < -0.4 is 5.32 Å². The number of imidazole rings is 1. The van der Waals surface area contributed by atoms with Crippen LogP contribution in [-0.4, -0.2) is 46.3 Å². The molecular formula is C31H45Cl2N3O4. The molecule has 2 aromatic rings. The fraction of sp³-hybridized carbons (Fsp3) is 0.645. The number of aromatic nitrogens is 2. The maximum Gasteiger partial charge on any atom is 0.323 e. The van der Waals surface area contributed by atoms with Crippen LogP contribution in [0.25, 0.3) is 0 Å². The van der Waals surface area contributed by atoms with Crippen molar-refractivity contribution in [1.29, 1.82) is 0 Å². The third kappa shape index (κ3) is 11.4. The quantitative estimate of drug-likeness (QED) is 0.196. The Kier molecular flexibility index (Phi) is 13.8. The van der Waals surface area contributed by atoms with E-state index in [0.717, 1.165) is 62.6 Å². The molecule has 1 aromatic heterocycles. The smallest absolute Gasteiger partial charge is 0.323 e. The number of esters is 1. The predicted octanol–water partition coefficient (Wildman–Crippen LogP) is 7.15. The molecule has 2 aliphatic rings. The fourth-order valence-electron chi connectivity index (χ4n) is 5.34. The van der Waals surface area contributed by atoms with E-state index in [1.54, 1.807) is 12.4 Å². The topological polar surface area (TPSA) is 82.5 Å². The van der Waals surface area contributed by atoms with Gasteiger partial charge in [-0.3, -0.25) is 9.59 Å². The number of benzene rings is 1. The summed E-state index contributed by atoms with van der Waals surface area (Å²) in [4.78, 5) is 27.2. The van der Waals surface area contributed by atoms with Crippen LogP contribution >= 0.6 is 23.2 Å². The van der Waals surface area contributed by atoms with E-state index in [2.05, 4.69) is 31.1 Å². The molecule has 4 rings (SSSR count). The minimum Gasteiger partial charge on any atom is -0.465 e. The Bertz CT molecular complexity index is 1030. The molecule has 40 heavy (non-hydrogen) atoms. The standard InChI is InChI=1S/C25H35Cl2N3O2.C6H10O2/c1-17(2)8-9-18(3)29-24(25(31)32-23-6-4-5-7-23)13-22-14-28-16-30(22)15-19-10-20(26)12-21(27)11-19;7-5-8-6-3-1-2-4-6/h10-12,14,16-18,23-24,29H,4-9,13,15H2,1-3H3;5-6H,1-4H2/t18-,24?;/m1./s1. The number of hydrogen-bond donors (Lipinski definition) is 1. The molecule has 0 saturated heterocycles. The van der Waals surface area contributed by atoms with Gasteiger partial charge < -0.3 is 19.4 Å². The molecule has 0 amide bonds. The molecule has 0 spiro atoms. The van der Waals surface area contributed by atoms with Crippen LogP contribution in [0, 0.1) is 5.92 Å². The van der Waals surface area contributed by atoms with Gasteiger partial charge in [-0.25, -0.2) is 4.98 Å². The second kappa shape index (κ2) is 17.0. The van der Waals surface area contributed by atoms with E-state index in [9.17, 15) is 9.59 Å². The van der Waals surface area contributed by atoms with E-state index >= 15 is 0 Å².